The van der Waals surface area contributed by atoms with Crippen LogP contribution >= 0.6 is 11.6 Å². The number of rotatable bonds is 9. The predicted molar refractivity (Wildman–Crippen MR) is 102 cm³/mol. The van der Waals surface area contributed by atoms with Gasteiger partial charge in [-0.1, -0.05) is 11.6 Å². The molecule has 11 heteroatoms. The number of nitrogens with zero attached hydrogens (tertiary/aromatic N) is 2. The third-order valence-electron chi connectivity index (χ3n) is 3.42. The van der Waals surface area contributed by atoms with Crippen LogP contribution in [0.5, 0.6) is 0 Å². The second kappa shape index (κ2) is 10.2. The Bertz CT molecular complexity index is 876. The molecule has 0 unspecified atom stereocenters. The molecule has 28 heavy (non-hydrogen) atoms. The second-order valence-corrected chi connectivity index (χ2v) is 5.73. The number of methoxy groups -OCH3 is 1. The summed E-state index contributed by atoms with van der Waals surface area (Å²) in [4.78, 5) is 38.5. The molecule has 2 aromatic rings. The number of aromatic nitrogens is 1. The highest BCUT2D eigenvalue weighted by molar-refractivity contribution is 6.32. The number of ether oxygens (including phenoxy) is 2. The van der Waals surface area contributed by atoms with E-state index in [1.165, 1.54) is 31.5 Å². The SMILES string of the molecule is COCCNc1ccc([N+](=O)[O-])cc1C(=O)OCC(=O)Nc1cccnc1Cl. The lowest BCUT2D eigenvalue weighted by molar-refractivity contribution is -0.384. The van der Waals surface area contributed by atoms with Gasteiger partial charge in [0.15, 0.2) is 11.8 Å². The first kappa shape index (κ1) is 21.1. The predicted octanol–water partition coefficient (Wildman–Crippen LogP) is 2.50. The quantitative estimate of drug-likeness (QED) is 0.212. The molecular weight excluding hydrogens is 392 g/mol. The molecule has 0 saturated heterocycles. The molecule has 2 rings (SSSR count). The van der Waals surface area contributed by atoms with Crippen molar-refractivity contribution in [3.63, 3.8) is 0 Å². The highest BCUT2D eigenvalue weighted by Crippen LogP contribution is 2.23. The van der Waals surface area contributed by atoms with E-state index in [0.717, 1.165) is 6.07 Å². The maximum Gasteiger partial charge on any atom is 0.341 e. The van der Waals surface area contributed by atoms with Crippen LogP contribution < -0.4 is 10.6 Å². The first-order valence-corrected chi connectivity index (χ1v) is 8.39. The van der Waals surface area contributed by atoms with E-state index in [1.807, 2.05) is 0 Å². The number of carbonyl (C=O) groups is 2. The lowest BCUT2D eigenvalue weighted by atomic mass is 10.1. The lowest BCUT2D eigenvalue weighted by Crippen LogP contribution is -2.22. The van der Waals surface area contributed by atoms with Gasteiger partial charge in [-0.3, -0.25) is 14.9 Å². The van der Waals surface area contributed by atoms with Gasteiger partial charge in [0.2, 0.25) is 0 Å². The average Bonchev–Trinajstić information content (AvgIpc) is 2.68. The van der Waals surface area contributed by atoms with Crippen molar-refractivity contribution in [3.8, 4) is 0 Å². The van der Waals surface area contributed by atoms with E-state index >= 15 is 0 Å². The van der Waals surface area contributed by atoms with Crippen LogP contribution in [-0.4, -0.2) is 48.7 Å². The molecule has 1 heterocycles. The Morgan fingerprint density at radius 3 is 2.75 bits per heavy atom. The minimum atomic E-state index is -0.893. The Balaban J connectivity index is 2.06. The molecule has 2 N–H and O–H groups in total. The number of hydrogen-bond acceptors (Lipinski definition) is 8. The van der Waals surface area contributed by atoms with Gasteiger partial charge in [-0.05, 0) is 18.2 Å². The van der Waals surface area contributed by atoms with Crippen molar-refractivity contribution in [1.82, 2.24) is 4.98 Å². The van der Waals surface area contributed by atoms with Crippen molar-refractivity contribution >= 4 is 40.5 Å². The van der Waals surface area contributed by atoms with Crippen molar-refractivity contribution < 1.29 is 24.0 Å². The van der Waals surface area contributed by atoms with Crippen LogP contribution in [0, 0.1) is 10.1 Å². The fraction of sp³-hybridized carbons (Fsp3) is 0.235. The molecule has 1 amide bonds. The number of amides is 1. The first-order valence-electron chi connectivity index (χ1n) is 8.01. The zero-order valence-electron chi connectivity index (χ0n) is 14.8. The summed E-state index contributed by atoms with van der Waals surface area (Å²) in [5, 5.41) is 16.4. The van der Waals surface area contributed by atoms with E-state index in [4.69, 9.17) is 21.1 Å². The van der Waals surface area contributed by atoms with Gasteiger partial charge in [0.1, 0.15) is 0 Å². The fourth-order valence-electron chi connectivity index (χ4n) is 2.13. The average molecular weight is 409 g/mol. The molecule has 0 radical (unpaired) electrons. The van der Waals surface area contributed by atoms with Gasteiger partial charge in [0.25, 0.3) is 11.6 Å². The van der Waals surface area contributed by atoms with E-state index in [2.05, 4.69) is 15.6 Å². The number of esters is 1. The van der Waals surface area contributed by atoms with Gasteiger partial charge >= 0.3 is 5.97 Å². The highest BCUT2D eigenvalue weighted by Gasteiger charge is 2.19. The molecule has 148 valence electrons. The summed E-state index contributed by atoms with van der Waals surface area (Å²) in [6.45, 7) is 0.124. The van der Waals surface area contributed by atoms with Crippen LogP contribution in [0.15, 0.2) is 36.5 Å². The molecule has 1 aromatic heterocycles. The summed E-state index contributed by atoms with van der Waals surface area (Å²) in [7, 11) is 1.51. The molecule has 0 saturated carbocycles. The van der Waals surface area contributed by atoms with Gasteiger partial charge in [0, 0.05) is 37.7 Å². The lowest BCUT2D eigenvalue weighted by Gasteiger charge is -2.12. The summed E-state index contributed by atoms with van der Waals surface area (Å²) in [6.07, 6.45) is 1.46. The fourth-order valence-corrected chi connectivity index (χ4v) is 2.30. The van der Waals surface area contributed by atoms with E-state index in [-0.39, 0.29) is 22.1 Å². The van der Waals surface area contributed by atoms with Gasteiger partial charge in [-0.15, -0.1) is 0 Å². The maximum atomic E-state index is 12.4. The van der Waals surface area contributed by atoms with Crippen LogP contribution in [0.3, 0.4) is 0 Å². The topological polar surface area (TPSA) is 133 Å². The molecular formula is C17H17ClN4O6. The number of carbonyl (C=O) groups excluding carboxylic acids is 2. The molecule has 1 aromatic carbocycles. The number of nitrogens with one attached hydrogen (secondary N) is 2. The summed E-state index contributed by atoms with van der Waals surface area (Å²) in [5.41, 5.74) is 0.235. The number of nitro benzene ring substituents is 1. The number of hydrogen-bond donors (Lipinski definition) is 2. The number of nitro groups is 1. The molecule has 0 bridgehead atoms. The summed E-state index contributed by atoms with van der Waals surface area (Å²) < 4.78 is 9.89. The van der Waals surface area contributed by atoms with Gasteiger partial charge in [0.05, 0.1) is 22.8 Å². The van der Waals surface area contributed by atoms with Crippen LogP contribution in [-0.2, 0) is 14.3 Å². The van der Waals surface area contributed by atoms with Crippen molar-refractivity contribution in [2.75, 3.05) is 37.5 Å². The summed E-state index contributed by atoms with van der Waals surface area (Å²) in [6, 6.07) is 6.83. The molecule has 0 aliphatic rings. The zero-order chi connectivity index (χ0) is 20.5. The monoisotopic (exact) mass is 408 g/mol. The Hall–Kier alpha value is -3.24. The molecule has 0 fully saturated rings. The van der Waals surface area contributed by atoms with Crippen molar-refractivity contribution in [2.45, 2.75) is 0 Å². The minimum absolute atomic E-state index is 0.0717. The third kappa shape index (κ3) is 5.89. The Kier molecular flexibility index (Phi) is 7.66. The minimum Gasteiger partial charge on any atom is -0.452 e. The largest absolute Gasteiger partial charge is 0.452 e. The van der Waals surface area contributed by atoms with Crippen molar-refractivity contribution in [3.05, 3.63) is 57.4 Å². The van der Waals surface area contributed by atoms with Gasteiger partial charge in [-0.25, -0.2) is 9.78 Å². The number of anilines is 2. The molecule has 0 atom stereocenters. The maximum absolute atomic E-state index is 12.4. The van der Waals surface area contributed by atoms with E-state index in [9.17, 15) is 19.7 Å². The van der Waals surface area contributed by atoms with Crippen LogP contribution in [0.2, 0.25) is 5.15 Å². The molecule has 0 aliphatic carbocycles. The molecule has 0 aliphatic heterocycles. The van der Waals surface area contributed by atoms with E-state index in [1.54, 1.807) is 6.07 Å². The third-order valence-corrected chi connectivity index (χ3v) is 3.72. The Morgan fingerprint density at radius 2 is 2.07 bits per heavy atom. The standard InChI is InChI=1S/C17H17ClN4O6/c1-27-8-7-19-13-5-4-11(22(25)26)9-12(13)17(24)28-10-15(23)21-14-3-2-6-20-16(14)18/h2-6,9,19H,7-8,10H2,1H3,(H,21,23). The number of pyridine rings is 1. The van der Waals surface area contributed by atoms with Crippen molar-refractivity contribution in [2.24, 2.45) is 0 Å². The first-order chi connectivity index (χ1) is 13.4. The van der Waals surface area contributed by atoms with Crippen LogP contribution in [0.4, 0.5) is 17.1 Å². The van der Waals surface area contributed by atoms with Crippen LogP contribution in [0.25, 0.3) is 0 Å². The number of non-ortho nitro benzene ring substituents is 1. The van der Waals surface area contributed by atoms with Crippen LogP contribution in [0.1, 0.15) is 10.4 Å². The second-order valence-electron chi connectivity index (χ2n) is 5.37. The Morgan fingerprint density at radius 1 is 1.29 bits per heavy atom. The van der Waals surface area contributed by atoms with Crippen molar-refractivity contribution in [1.29, 1.82) is 0 Å². The van der Waals surface area contributed by atoms with Gasteiger partial charge < -0.3 is 20.1 Å². The normalized spacial score (nSPS) is 10.2. The Labute approximate surface area is 165 Å². The summed E-state index contributed by atoms with van der Waals surface area (Å²) >= 11 is 5.84. The van der Waals surface area contributed by atoms with E-state index < -0.39 is 23.4 Å². The summed E-state index contributed by atoms with van der Waals surface area (Å²) in [5.74, 6) is -1.53. The number of benzene rings is 1. The smallest absolute Gasteiger partial charge is 0.341 e. The van der Waals surface area contributed by atoms with E-state index in [0.29, 0.717) is 18.8 Å². The highest BCUT2D eigenvalue weighted by atomic mass is 35.5. The molecule has 0 spiro atoms. The molecule has 10 nitrogen and oxygen atoms in total. The van der Waals surface area contributed by atoms with Gasteiger partial charge in [-0.2, -0.15) is 0 Å². The number of halogens is 1. The zero-order valence-corrected chi connectivity index (χ0v) is 15.6.